The summed E-state index contributed by atoms with van der Waals surface area (Å²) < 4.78 is 0. The van der Waals surface area contributed by atoms with Gasteiger partial charge >= 0.3 is 5.97 Å². The Morgan fingerprint density at radius 2 is 1.86 bits per heavy atom. The molecule has 1 amide bonds. The Bertz CT molecular complexity index is 886. The van der Waals surface area contributed by atoms with Gasteiger partial charge in [0.1, 0.15) is 10.0 Å². The van der Waals surface area contributed by atoms with Gasteiger partial charge < -0.3 is 10.4 Å². The number of thiazole rings is 1. The summed E-state index contributed by atoms with van der Waals surface area (Å²) in [5, 5.41) is 16.5. The van der Waals surface area contributed by atoms with Crippen LogP contribution in [0.25, 0.3) is 10.6 Å². The summed E-state index contributed by atoms with van der Waals surface area (Å²) in [6.07, 6.45) is 8.71. The summed E-state index contributed by atoms with van der Waals surface area (Å²) in [6.45, 7) is 1.99. The predicted molar refractivity (Wildman–Crippen MR) is 113 cm³/mol. The Morgan fingerprint density at radius 3 is 2.57 bits per heavy atom. The van der Waals surface area contributed by atoms with E-state index in [0.29, 0.717) is 12.8 Å². The number of hydrogen-bond donors (Lipinski definition) is 2. The van der Waals surface area contributed by atoms with Crippen molar-refractivity contribution in [2.24, 2.45) is 11.8 Å². The van der Waals surface area contributed by atoms with Crippen molar-refractivity contribution < 1.29 is 14.7 Å². The van der Waals surface area contributed by atoms with Crippen LogP contribution in [0.1, 0.15) is 61.1 Å². The number of aliphatic carboxylic acids is 1. The number of carboxylic acid groups (broad SMARTS) is 1. The van der Waals surface area contributed by atoms with Crippen LogP contribution in [0.15, 0.2) is 5.38 Å². The van der Waals surface area contributed by atoms with Crippen LogP contribution >= 0.6 is 22.7 Å². The third kappa shape index (κ3) is 3.87. The lowest BCUT2D eigenvalue weighted by Crippen LogP contribution is -2.35. The van der Waals surface area contributed by atoms with Crippen molar-refractivity contribution in [1.82, 2.24) is 4.98 Å². The number of carbonyl (C=O) groups excluding carboxylic acids is 1. The minimum absolute atomic E-state index is 0.141. The molecule has 2 atom stereocenters. The van der Waals surface area contributed by atoms with E-state index in [9.17, 15) is 14.7 Å². The van der Waals surface area contributed by atoms with Gasteiger partial charge in [-0.05, 0) is 51.0 Å². The highest BCUT2D eigenvalue weighted by atomic mass is 32.1. The molecule has 2 aromatic rings. The summed E-state index contributed by atoms with van der Waals surface area (Å²) in [6, 6.07) is 0. The molecule has 0 spiro atoms. The molecule has 5 nitrogen and oxygen atoms in total. The number of hydrogen-bond acceptors (Lipinski definition) is 5. The molecule has 2 heterocycles. The number of carbonyl (C=O) groups is 2. The fraction of sp³-hybridized carbons (Fsp3) is 0.571. The van der Waals surface area contributed by atoms with Crippen LogP contribution in [-0.2, 0) is 22.4 Å². The molecule has 2 aliphatic rings. The standard InChI is InChI=1S/C21H26N2O3S2/c1-12-11-27-19(22-12)17-15-9-3-2-4-10-16(15)28-20(17)23-18(24)13-7-5-6-8-14(13)21(25)26/h11,13-14H,2-10H2,1H3,(H,23,24)(H,25,26)/t13-,14?/m0/s1. The second-order valence-corrected chi connectivity index (χ2v) is 9.85. The van der Waals surface area contributed by atoms with Crippen molar-refractivity contribution in [2.45, 2.75) is 64.7 Å². The van der Waals surface area contributed by atoms with Crippen LogP contribution in [0, 0.1) is 18.8 Å². The van der Waals surface area contributed by atoms with Gasteiger partial charge in [0.05, 0.1) is 11.8 Å². The first-order valence-electron chi connectivity index (χ1n) is 10.2. The Hall–Kier alpha value is -1.73. The number of carboxylic acids is 1. The van der Waals surface area contributed by atoms with E-state index < -0.39 is 17.8 Å². The van der Waals surface area contributed by atoms with Gasteiger partial charge in [0.25, 0.3) is 0 Å². The lowest BCUT2D eigenvalue weighted by atomic mass is 9.79. The van der Waals surface area contributed by atoms with Gasteiger partial charge in [0.2, 0.25) is 5.91 Å². The molecule has 4 rings (SSSR count). The number of nitrogens with zero attached hydrogens (tertiary/aromatic N) is 1. The van der Waals surface area contributed by atoms with Crippen molar-refractivity contribution in [3.8, 4) is 10.6 Å². The number of fused-ring (bicyclic) bond motifs is 1. The molecular formula is C21H26N2O3S2. The number of rotatable bonds is 4. The topological polar surface area (TPSA) is 79.3 Å². The normalized spacial score (nSPS) is 22.3. The van der Waals surface area contributed by atoms with Crippen LogP contribution < -0.4 is 5.32 Å². The Morgan fingerprint density at radius 1 is 1.11 bits per heavy atom. The fourth-order valence-corrected chi connectivity index (χ4v) is 6.70. The molecule has 0 aromatic carbocycles. The molecule has 1 unspecified atom stereocenters. The molecule has 0 bridgehead atoms. The number of nitrogens with one attached hydrogen (secondary N) is 1. The number of thiophene rings is 1. The van der Waals surface area contributed by atoms with E-state index in [1.165, 1.54) is 23.3 Å². The maximum Gasteiger partial charge on any atom is 0.307 e. The average Bonchev–Trinajstić information content (AvgIpc) is 3.16. The summed E-state index contributed by atoms with van der Waals surface area (Å²) in [5.74, 6) is -2.01. The largest absolute Gasteiger partial charge is 0.481 e. The maximum atomic E-state index is 13.1. The minimum Gasteiger partial charge on any atom is -0.481 e. The van der Waals surface area contributed by atoms with Crippen molar-refractivity contribution in [1.29, 1.82) is 0 Å². The maximum absolute atomic E-state index is 13.1. The number of anilines is 1. The van der Waals surface area contributed by atoms with Crippen molar-refractivity contribution in [3.63, 3.8) is 0 Å². The van der Waals surface area contributed by atoms with Crippen molar-refractivity contribution >= 4 is 39.6 Å². The molecule has 0 aliphatic heterocycles. The molecule has 2 aromatic heterocycles. The lowest BCUT2D eigenvalue weighted by molar-refractivity contribution is -0.147. The average molecular weight is 419 g/mol. The van der Waals surface area contributed by atoms with Crippen LogP contribution in [0.5, 0.6) is 0 Å². The highest BCUT2D eigenvalue weighted by molar-refractivity contribution is 7.18. The van der Waals surface area contributed by atoms with Gasteiger partial charge in [0.15, 0.2) is 0 Å². The first-order valence-corrected chi connectivity index (χ1v) is 11.8. The van der Waals surface area contributed by atoms with Gasteiger partial charge in [-0.2, -0.15) is 0 Å². The third-order valence-corrected chi connectivity index (χ3v) is 8.10. The molecule has 7 heteroatoms. The second kappa shape index (κ2) is 8.33. The first kappa shape index (κ1) is 19.6. The Balaban J connectivity index is 1.67. The van der Waals surface area contributed by atoms with Crippen LogP contribution in [0.2, 0.25) is 0 Å². The number of amides is 1. The summed E-state index contributed by atoms with van der Waals surface area (Å²) in [5.41, 5.74) is 3.41. The van der Waals surface area contributed by atoms with Crippen molar-refractivity contribution in [2.75, 3.05) is 5.32 Å². The molecule has 2 aliphatic carbocycles. The smallest absolute Gasteiger partial charge is 0.307 e. The lowest BCUT2D eigenvalue weighted by Gasteiger charge is -2.27. The van der Waals surface area contributed by atoms with Crippen LogP contribution in [0.3, 0.4) is 0 Å². The summed E-state index contributed by atoms with van der Waals surface area (Å²) in [7, 11) is 0. The second-order valence-electron chi connectivity index (χ2n) is 7.89. The summed E-state index contributed by atoms with van der Waals surface area (Å²) >= 11 is 3.29. The van der Waals surface area contributed by atoms with Crippen LogP contribution in [0.4, 0.5) is 5.00 Å². The van der Waals surface area contributed by atoms with E-state index in [1.807, 2.05) is 12.3 Å². The third-order valence-electron chi connectivity index (χ3n) is 5.91. The highest BCUT2D eigenvalue weighted by Crippen LogP contribution is 2.45. The Kier molecular flexibility index (Phi) is 5.83. The van der Waals surface area contributed by atoms with E-state index >= 15 is 0 Å². The molecule has 0 saturated heterocycles. The van der Waals surface area contributed by atoms with E-state index in [4.69, 9.17) is 4.98 Å². The molecule has 1 saturated carbocycles. The van der Waals surface area contributed by atoms with Gasteiger partial charge in [-0.25, -0.2) is 4.98 Å². The van der Waals surface area contributed by atoms with E-state index in [1.54, 1.807) is 22.7 Å². The predicted octanol–water partition coefficient (Wildman–Crippen LogP) is 5.28. The van der Waals surface area contributed by atoms with E-state index in [0.717, 1.165) is 53.4 Å². The van der Waals surface area contributed by atoms with Gasteiger partial charge in [-0.3, -0.25) is 9.59 Å². The fourth-order valence-electron chi connectivity index (χ4n) is 4.47. The Labute approximate surface area is 173 Å². The number of aryl methyl sites for hydroxylation is 2. The highest BCUT2D eigenvalue weighted by Gasteiger charge is 2.36. The molecule has 0 radical (unpaired) electrons. The van der Waals surface area contributed by atoms with Gasteiger partial charge in [-0.15, -0.1) is 22.7 Å². The molecule has 28 heavy (non-hydrogen) atoms. The monoisotopic (exact) mass is 418 g/mol. The van der Waals surface area contributed by atoms with E-state index in [-0.39, 0.29) is 5.91 Å². The zero-order chi connectivity index (χ0) is 19.7. The zero-order valence-electron chi connectivity index (χ0n) is 16.1. The SMILES string of the molecule is Cc1csc(-c2c(NC(=O)[C@H]3CCCCC3C(=O)O)sc3c2CCCCC3)n1. The van der Waals surface area contributed by atoms with Gasteiger partial charge in [0, 0.05) is 21.5 Å². The first-order chi connectivity index (χ1) is 13.5. The summed E-state index contributed by atoms with van der Waals surface area (Å²) in [4.78, 5) is 30.7. The number of aromatic nitrogens is 1. The molecule has 150 valence electrons. The van der Waals surface area contributed by atoms with E-state index in [2.05, 4.69) is 5.32 Å². The van der Waals surface area contributed by atoms with Gasteiger partial charge in [-0.1, -0.05) is 19.3 Å². The zero-order valence-corrected chi connectivity index (χ0v) is 17.8. The molecular weight excluding hydrogens is 392 g/mol. The van der Waals surface area contributed by atoms with Crippen LogP contribution in [-0.4, -0.2) is 22.0 Å². The molecule has 1 fully saturated rings. The minimum atomic E-state index is -0.849. The van der Waals surface area contributed by atoms with Crippen molar-refractivity contribution in [3.05, 3.63) is 21.5 Å². The molecule has 2 N–H and O–H groups in total. The quantitative estimate of drug-likeness (QED) is 0.662.